The Morgan fingerprint density at radius 2 is 2.00 bits per heavy atom. The summed E-state index contributed by atoms with van der Waals surface area (Å²) in [5.74, 6) is -2.67. The second-order valence-corrected chi connectivity index (χ2v) is 6.59. The van der Waals surface area contributed by atoms with E-state index in [1.165, 1.54) is 36.0 Å². The summed E-state index contributed by atoms with van der Waals surface area (Å²) in [6, 6.07) is 5.37. The second kappa shape index (κ2) is 8.61. The molecule has 134 valence electrons. The summed E-state index contributed by atoms with van der Waals surface area (Å²) in [7, 11) is 0. The van der Waals surface area contributed by atoms with E-state index in [0.29, 0.717) is 10.7 Å². The normalized spacial score (nSPS) is 12.2. The van der Waals surface area contributed by atoms with Gasteiger partial charge in [0, 0.05) is 12.6 Å². The number of nitrogens with zero attached hydrogens (tertiary/aromatic N) is 3. The maximum Gasteiger partial charge on any atom is 0.312 e. The molecule has 1 unspecified atom stereocenters. The van der Waals surface area contributed by atoms with E-state index >= 15 is 0 Å². The van der Waals surface area contributed by atoms with Gasteiger partial charge in [-0.15, -0.1) is 10.2 Å². The van der Waals surface area contributed by atoms with Crippen LogP contribution in [0.4, 0.5) is 4.39 Å². The molecule has 2 rings (SSSR count). The molecule has 0 bridgehead atoms. The Kier molecular flexibility index (Phi) is 6.51. The minimum Gasteiger partial charge on any atom is -0.481 e. The fourth-order valence-electron chi connectivity index (χ4n) is 2.13. The van der Waals surface area contributed by atoms with Gasteiger partial charge in [0.15, 0.2) is 5.16 Å². The van der Waals surface area contributed by atoms with Crippen LogP contribution in [0.5, 0.6) is 0 Å². The molecule has 0 aliphatic heterocycles. The van der Waals surface area contributed by atoms with Crippen molar-refractivity contribution in [2.75, 3.05) is 12.3 Å². The molecule has 1 aromatic carbocycles. The lowest BCUT2D eigenvalue weighted by Gasteiger charge is -2.14. The summed E-state index contributed by atoms with van der Waals surface area (Å²) in [4.78, 5) is 23.4. The summed E-state index contributed by atoms with van der Waals surface area (Å²) in [6.07, 6.45) is 1.60. The lowest BCUT2D eigenvalue weighted by atomic mass is 9.99. The standard InChI is InChI=1S/C16H19FN4O3S/c1-10(2)21-9-19-20-16(21)25-8-14(22)18-7-13(15(23)24)11-3-5-12(17)6-4-11/h3-6,9-10,13H,7-8H2,1-2H3,(H,18,22)(H,23,24). The zero-order valence-electron chi connectivity index (χ0n) is 13.8. The third-order valence-corrected chi connectivity index (χ3v) is 4.46. The number of carbonyl (C=O) groups is 2. The molecule has 0 spiro atoms. The Morgan fingerprint density at radius 3 is 2.60 bits per heavy atom. The smallest absolute Gasteiger partial charge is 0.312 e. The molecule has 2 N–H and O–H groups in total. The molecule has 0 aliphatic rings. The van der Waals surface area contributed by atoms with Gasteiger partial charge in [0.05, 0.1) is 11.7 Å². The van der Waals surface area contributed by atoms with Gasteiger partial charge in [-0.1, -0.05) is 23.9 Å². The van der Waals surface area contributed by atoms with E-state index in [0.717, 1.165) is 0 Å². The lowest BCUT2D eigenvalue weighted by Crippen LogP contribution is -2.32. The highest BCUT2D eigenvalue weighted by Gasteiger charge is 2.21. The summed E-state index contributed by atoms with van der Waals surface area (Å²) in [6.45, 7) is 3.89. The number of benzene rings is 1. The zero-order chi connectivity index (χ0) is 18.4. The van der Waals surface area contributed by atoms with Gasteiger partial charge in [-0.3, -0.25) is 9.59 Å². The number of aliphatic carboxylic acids is 1. The van der Waals surface area contributed by atoms with Gasteiger partial charge in [-0.2, -0.15) is 0 Å². The number of thioether (sulfide) groups is 1. The number of carboxylic acids is 1. The highest BCUT2D eigenvalue weighted by atomic mass is 32.2. The molecule has 0 aliphatic carbocycles. The van der Waals surface area contributed by atoms with Crippen LogP contribution in [-0.2, 0) is 9.59 Å². The summed E-state index contributed by atoms with van der Waals surface area (Å²) >= 11 is 1.23. The number of aromatic nitrogens is 3. The topological polar surface area (TPSA) is 97.1 Å². The predicted molar refractivity (Wildman–Crippen MR) is 90.9 cm³/mol. The molecule has 7 nitrogen and oxygen atoms in total. The summed E-state index contributed by atoms with van der Waals surface area (Å²) < 4.78 is 14.8. The number of halogens is 1. The number of hydrogen-bond donors (Lipinski definition) is 2. The van der Waals surface area contributed by atoms with E-state index in [-0.39, 0.29) is 24.2 Å². The molecule has 2 aromatic rings. The van der Waals surface area contributed by atoms with Gasteiger partial charge in [-0.05, 0) is 31.5 Å². The fraction of sp³-hybridized carbons (Fsp3) is 0.375. The van der Waals surface area contributed by atoms with Crippen molar-refractivity contribution in [2.24, 2.45) is 0 Å². The van der Waals surface area contributed by atoms with Crippen LogP contribution in [0.3, 0.4) is 0 Å². The number of rotatable bonds is 8. The first-order valence-corrected chi connectivity index (χ1v) is 8.64. The molecule has 1 heterocycles. The van der Waals surface area contributed by atoms with E-state index in [2.05, 4.69) is 15.5 Å². The van der Waals surface area contributed by atoms with Crippen molar-refractivity contribution in [2.45, 2.75) is 31.0 Å². The first kappa shape index (κ1) is 18.9. The minimum absolute atomic E-state index is 0.0722. The van der Waals surface area contributed by atoms with Crippen LogP contribution < -0.4 is 5.32 Å². The molecule has 1 amide bonds. The Morgan fingerprint density at radius 1 is 1.32 bits per heavy atom. The van der Waals surface area contributed by atoms with E-state index in [1.54, 1.807) is 6.33 Å². The molecule has 0 saturated carbocycles. The SMILES string of the molecule is CC(C)n1cnnc1SCC(=O)NCC(C(=O)O)c1ccc(F)cc1. The largest absolute Gasteiger partial charge is 0.481 e. The van der Waals surface area contributed by atoms with E-state index < -0.39 is 17.7 Å². The van der Waals surface area contributed by atoms with Gasteiger partial charge in [0.1, 0.15) is 12.1 Å². The maximum absolute atomic E-state index is 13.0. The van der Waals surface area contributed by atoms with Crippen molar-refractivity contribution >= 4 is 23.6 Å². The average molecular weight is 366 g/mol. The van der Waals surface area contributed by atoms with Crippen LogP contribution in [-0.4, -0.2) is 44.0 Å². The molecule has 1 atom stereocenters. The first-order valence-electron chi connectivity index (χ1n) is 7.65. The molecule has 9 heteroatoms. The Bertz CT molecular complexity index is 733. The molecular weight excluding hydrogens is 347 g/mol. The van der Waals surface area contributed by atoms with Crippen molar-refractivity contribution in [1.82, 2.24) is 20.1 Å². The highest BCUT2D eigenvalue weighted by molar-refractivity contribution is 7.99. The minimum atomic E-state index is -1.08. The summed E-state index contributed by atoms with van der Waals surface area (Å²) in [5, 5.41) is 20.3. The van der Waals surface area contributed by atoms with Crippen molar-refractivity contribution in [1.29, 1.82) is 0 Å². The highest BCUT2D eigenvalue weighted by Crippen LogP contribution is 2.19. The number of amides is 1. The molecule has 25 heavy (non-hydrogen) atoms. The van der Waals surface area contributed by atoms with Gasteiger partial charge in [0.2, 0.25) is 5.91 Å². The first-order chi connectivity index (χ1) is 11.9. The molecular formula is C16H19FN4O3S. The molecule has 0 saturated heterocycles. The van der Waals surface area contributed by atoms with Crippen LogP contribution in [0, 0.1) is 5.82 Å². The number of nitrogens with one attached hydrogen (secondary N) is 1. The van der Waals surface area contributed by atoms with Gasteiger partial charge >= 0.3 is 5.97 Å². The monoisotopic (exact) mass is 366 g/mol. The molecule has 1 aromatic heterocycles. The molecule has 0 radical (unpaired) electrons. The second-order valence-electron chi connectivity index (χ2n) is 5.65. The van der Waals surface area contributed by atoms with Crippen molar-refractivity contribution in [3.63, 3.8) is 0 Å². The average Bonchev–Trinajstić information content (AvgIpc) is 3.03. The van der Waals surface area contributed by atoms with Gasteiger partial charge in [-0.25, -0.2) is 4.39 Å². The van der Waals surface area contributed by atoms with E-state index in [9.17, 15) is 19.1 Å². The molecule has 0 fully saturated rings. The van der Waals surface area contributed by atoms with Crippen LogP contribution in [0.2, 0.25) is 0 Å². The fourth-order valence-corrected chi connectivity index (χ4v) is 3.00. The third kappa shape index (κ3) is 5.28. The van der Waals surface area contributed by atoms with E-state index in [4.69, 9.17) is 0 Å². The van der Waals surface area contributed by atoms with Crippen LogP contribution in [0.25, 0.3) is 0 Å². The number of hydrogen-bond acceptors (Lipinski definition) is 5. The van der Waals surface area contributed by atoms with Crippen molar-refractivity contribution in [3.8, 4) is 0 Å². The van der Waals surface area contributed by atoms with Gasteiger partial charge in [0.25, 0.3) is 0 Å². The quantitative estimate of drug-likeness (QED) is 0.694. The maximum atomic E-state index is 13.0. The number of carboxylic acid groups (broad SMARTS) is 1. The number of carbonyl (C=O) groups excluding carboxylic acids is 1. The van der Waals surface area contributed by atoms with Crippen LogP contribution in [0.1, 0.15) is 31.4 Å². The van der Waals surface area contributed by atoms with Gasteiger partial charge < -0.3 is 15.0 Å². The predicted octanol–water partition coefficient (Wildman–Crippen LogP) is 2.07. The van der Waals surface area contributed by atoms with E-state index in [1.807, 2.05) is 18.4 Å². The van der Waals surface area contributed by atoms with Crippen molar-refractivity contribution < 1.29 is 19.1 Å². The zero-order valence-corrected chi connectivity index (χ0v) is 14.7. The lowest BCUT2D eigenvalue weighted by molar-refractivity contribution is -0.138. The van der Waals surface area contributed by atoms with Crippen LogP contribution >= 0.6 is 11.8 Å². The third-order valence-electron chi connectivity index (χ3n) is 3.50. The Labute approximate surface area is 148 Å². The Hall–Kier alpha value is -2.42. The summed E-state index contributed by atoms with van der Waals surface area (Å²) in [5.41, 5.74) is 0.432. The Balaban J connectivity index is 1.90. The van der Waals surface area contributed by atoms with Crippen LogP contribution in [0.15, 0.2) is 35.7 Å². The van der Waals surface area contributed by atoms with Crippen molar-refractivity contribution in [3.05, 3.63) is 42.0 Å².